The molecule has 2 heterocycles. The van der Waals surface area contributed by atoms with Crippen LogP contribution in [-0.4, -0.2) is 33.1 Å². The maximum Gasteiger partial charge on any atom is 0.294 e. The number of nitrogens with one attached hydrogen (secondary N) is 1. The summed E-state index contributed by atoms with van der Waals surface area (Å²) in [7, 11) is 0. The van der Waals surface area contributed by atoms with Crippen LogP contribution in [0.3, 0.4) is 0 Å². The number of imide groups is 1. The zero-order valence-electron chi connectivity index (χ0n) is 17.8. The molecule has 1 aliphatic heterocycles. The van der Waals surface area contributed by atoms with Crippen LogP contribution in [0.4, 0.5) is 19.3 Å². The standard InChI is InChI=1S/C24H19F2N3O3S/c1-14-9-16(15(2)29(14)20-8-4-6-18(26)12-20)10-21-23(31)28(24(32)33-21)13-22(30)27-19-7-3-5-17(25)11-19/h3-12H,13H2,1-2H3,(H,27,30)/b21-10+. The summed E-state index contributed by atoms with van der Waals surface area (Å²) >= 11 is 0.739. The van der Waals surface area contributed by atoms with Gasteiger partial charge in [-0.15, -0.1) is 0 Å². The fraction of sp³-hybridized carbons (Fsp3) is 0.125. The fourth-order valence-electron chi connectivity index (χ4n) is 3.63. The highest BCUT2D eigenvalue weighted by Crippen LogP contribution is 2.33. The van der Waals surface area contributed by atoms with Crippen molar-refractivity contribution in [2.24, 2.45) is 0 Å². The highest BCUT2D eigenvalue weighted by Gasteiger charge is 2.36. The van der Waals surface area contributed by atoms with E-state index in [0.29, 0.717) is 11.3 Å². The number of hydrogen-bond donors (Lipinski definition) is 1. The Kier molecular flexibility index (Phi) is 6.15. The Balaban J connectivity index is 1.53. The van der Waals surface area contributed by atoms with Crippen molar-refractivity contribution in [3.63, 3.8) is 0 Å². The number of amides is 3. The molecule has 33 heavy (non-hydrogen) atoms. The van der Waals surface area contributed by atoms with Crippen molar-refractivity contribution >= 4 is 40.6 Å². The third-order valence-electron chi connectivity index (χ3n) is 5.11. The number of aromatic nitrogens is 1. The van der Waals surface area contributed by atoms with Gasteiger partial charge in [0.05, 0.1) is 4.91 Å². The summed E-state index contributed by atoms with van der Waals surface area (Å²) in [5, 5.41) is 1.90. The van der Waals surface area contributed by atoms with Crippen molar-refractivity contribution in [2.45, 2.75) is 13.8 Å². The first-order valence-corrected chi connectivity index (χ1v) is 10.8. The number of thioether (sulfide) groups is 1. The van der Waals surface area contributed by atoms with E-state index in [9.17, 15) is 23.2 Å². The summed E-state index contributed by atoms with van der Waals surface area (Å²) < 4.78 is 28.8. The molecule has 1 aliphatic rings. The zero-order valence-corrected chi connectivity index (χ0v) is 18.6. The number of rotatable bonds is 5. The molecule has 6 nitrogen and oxygen atoms in total. The molecule has 0 radical (unpaired) electrons. The first kappa shape index (κ1) is 22.5. The summed E-state index contributed by atoms with van der Waals surface area (Å²) in [6.07, 6.45) is 1.59. The van der Waals surface area contributed by atoms with Gasteiger partial charge in [-0.1, -0.05) is 12.1 Å². The first-order chi connectivity index (χ1) is 15.7. The lowest BCUT2D eigenvalue weighted by atomic mass is 10.2. The molecule has 1 N–H and O–H groups in total. The van der Waals surface area contributed by atoms with E-state index in [0.717, 1.165) is 34.1 Å². The molecule has 9 heteroatoms. The SMILES string of the molecule is Cc1cc(/C=C2/SC(=O)N(CC(=O)Nc3cccc(F)c3)C2=O)c(C)n1-c1cccc(F)c1. The van der Waals surface area contributed by atoms with Gasteiger partial charge < -0.3 is 9.88 Å². The minimum absolute atomic E-state index is 0.179. The summed E-state index contributed by atoms with van der Waals surface area (Å²) in [6, 6.07) is 13.3. The van der Waals surface area contributed by atoms with Gasteiger partial charge in [0.15, 0.2) is 0 Å². The smallest absolute Gasteiger partial charge is 0.294 e. The Morgan fingerprint density at radius 2 is 1.73 bits per heavy atom. The van der Waals surface area contributed by atoms with E-state index < -0.39 is 29.4 Å². The van der Waals surface area contributed by atoms with Gasteiger partial charge >= 0.3 is 0 Å². The van der Waals surface area contributed by atoms with E-state index in [1.807, 2.05) is 24.5 Å². The largest absolute Gasteiger partial charge is 0.324 e. The molecular weight excluding hydrogens is 448 g/mol. The Morgan fingerprint density at radius 1 is 1.03 bits per heavy atom. The number of halogens is 2. The normalized spacial score (nSPS) is 14.9. The van der Waals surface area contributed by atoms with Crippen LogP contribution in [0.5, 0.6) is 0 Å². The van der Waals surface area contributed by atoms with Crippen molar-refractivity contribution in [3.05, 3.63) is 88.1 Å². The monoisotopic (exact) mass is 467 g/mol. The van der Waals surface area contributed by atoms with Gasteiger partial charge in [0.25, 0.3) is 11.1 Å². The van der Waals surface area contributed by atoms with E-state index in [2.05, 4.69) is 5.32 Å². The molecule has 0 spiro atoms. The molecule has 1 saturated heterocycles. The second-order valence-electron chi connectivity index (χ2n) is 7.47. The minimum Gasteiger partial charge on any atom is -0.324 e. The molecular formula is C24H19F2N3O3S. The van der Waals surface area contributed by atoms with Crippen LogP contribution in [0.15, 0.2) is 59.5 Å². The minimum atomic E-state index is -0.617. The Labute approximate surface area is 192 Å². The van der Waals surface area contributed by atoms with Gasteiger partial charge in [-0.3, -0.25) is 19.3 Å². The van der Waals surface area contributed by atoms with Crippen molar-refractivity contribution in [2.75, 3.05) is 11.9 Å². The van der Waals surface area contributed by atoms with Crippen molar-refractivity contribution < 1.29 is 23.2 Å². The molecule has 0 saturated carbocycles. The maximum absolute atomic E-state index is 13.7. The van der Waals surface area contributed by atoms with Gasteiger partial charge in [-0.25, -0.2) is 8.78 Å². The number of benzene rings is 2. The molecule has 0 bridgehead atoms. The van der Waals surface area contributed by atoms with Crippen molar-refractivity contribution in [3.8, 4) is 5.69 Å². The number of carbonyl (C=O) groups excluding carboxylic acids is 3. The molecule has 1 aromatic heterocycles. The number of anilines is 1. The molecule has 1 fully saturated rings. The van der Waals surface area contributed by atoms with E-state index >= 15 is 0 Å². The van der Waals surface area contributed by atoms with Gasteiger partial charge in [0.2, 0.25) is 5.91 Å². The number of carbonyl (C=O) groups is 3. The Morgan fingerprint density at radius 3 is 2.42 bits per heavy atom. The number of hydrogen-bond acceptors (Lipinski definition) is 4. The predicted octanol–water partition coefficient (Wildman–Crippen LogP) is 5.05. The van der Waals surface area contributed by atoms with Gasteiger partial charge in [-0.2, -0.15) is 0 Å². The topological polar surface area (TPSA) is 71.4 Å². The fourth-order valence-corrected chi connectivity index (χ4v) is 4.46. The van der Waals surface area contributed by atoms with Crippen LogP contribution in [0.1, 0.15) is 17.0 Å². The predicted molar refractivity (Wildman–Crippen MR) is 123 cm³/mol. The van der Waals surface area contributed by atoms with Crippen LogP contribution < -0.4 is 5.32 Å². The highest BCUT2D eigenvalue weighted by molar-refractivity contribution is 8.18. The second kappa shape index (κ2) is 9.03. The number of nitrogens with zero attached hydrogens (tertiary/aromatic N) is 2. The Hall–Kier alpha value is -3.72. The average Bonchev–Trinajstić information content (AvgIpc) is 3.17. The van der Waals surface area contributed by atoms with Crippen LogP contribution in [0.25, 0.3) is 11.8 Å². The van der Waals surface area contributed by atoms with E-state index in [1.54, 1.807) is 18.2 Å². The maximum atomic E-state index is 13.7. The van der Waals surface area contributed by atoms with Crippen LogP contribution in [0.2, 0.25) is 0 Å². The average molecular weight is 467 g/mol. The lowest BCUT2D eigenvalue weighted by Gasteiger charge is -2.12. The summed E-state index contributed by atoms with van der Waals surface area (Å²) in [5.41, 5.74) is 3.18. The second-order valence-corrected chi connectivity index (χ2v) is 8.46. The summed E-state index contributed by atoms with van der Waals surface area (Å²) in [4.78, 5) is 38.5. The van der Waals surface area contributed by atoms with Crippen molar-refractivity contribution in [1.82, 2.24) is 9.47 Å². The quantitative estimate of drug-likeness (QED) is 0.534. The number of aryl methyl sites for hydroxylation is 1. The Bertz CT molecular complexity index is 1320. The highest BCUT2D eigenvalue weighted by atomic mass is 32.2. The van der Waals surface area contributed by atoms with Crippen LogP contribution in [0, 0.1) is 25.5 Å². The van der Waals surface area contributed by atoms with Gasteiger partial charge in [-0.05, 0) is 79.7 Å². The zero-order chi connectivity index (χ0) is 23.7. The summed E-state index contributed by atoms with van der Waals surface area (Å²) in [6.45, 7) is 3.21. The van der Waals surface area contributed by atoms with E-state index in [1.165, 1.54) is 30.3 Å². The molecule has 3 amide bonds. The molecule has 4 rings (SSSR count). The first-order valence-electron chi connectivity index (χ1n) is 9.98. The lowest BCUT2D eigenvalue weighted by molar-refractivity contribution is -0.127. The van der Waals surface area contributed by atoms with Gasteiger partial charge in [0, 0.05) is 22.8 Å². The van der Waals surface area contributed by atoms with E-state index in [-0.39, 0.29) is 16.4 Å². The third-order valence-corrected chi connectivity index (χ3v) is 6.01. The van der Waals surface area contributed by atoms with Crippen LogP contribution >= 0.6 is 11.8 Å². The van der Waals surface area contributed by atoms with Crippen LogP contribution in [-0.2, 0) is 9.59 Å². The molecule has 3 aromatic rings. The molecule has 0 atom stereocenters. The molecule has 168 valence electrons. The summed E-state index contributed by atoms with van der Waals surface area (Å²) in [5.74, 6) is -2.08. The lowest BCUT2D eigenvalue weighted by Crippen LogP contribution is -2.36. The van der Waals surface area contributed by atoms with Gasteiger partial charge in [0.1, 0.15) is 18.2 Å². The molecule has 0 aliphatic carbocycles. The van der Waals surface area contributed by atoms with E-state index in [4.69, 9.17) is 0 Å². The third kappa shape index (κ3) is 4.73. The molecule has 0 unspecified atom stereocenters. The molecule has 2 aromatic carbocycles. The van der Waals surface area contributed by atoms with Crippen molar-refractivity contribution in [1.29, 1.82) is 0 Å².